The third-order valence-corrected chi connectivity index (χ3v) is 2.84. The van der Waals surface area contributed by atoms with Gasteiger partial charge in [0.05, 0.1) is 18.4 Å². The van der Waals surface area contributed by atoms with E-state index in [0.29, 0.717) is 18.0 Å². The van der Waals surface area contributed by atoms with Gasteiger partial charge in [-0.3, -0.25) is 4.79 Å². The fourth-order valence-corrected chi connectivity index (χ4v) is 1.93. The molecule has 0 fully saturated rings. The van der Waals surface area contributed by atoms with E-state index in [4.69, 9.17) is 4.74 Å². The van der Waals surface area contributed by atoms with Crippen LogP contribution >= 0.6 is 0 Å². The normalized spacial score (nSPS) is 10.5. The van der Waals surface area contributed by atoms with E-state index in [0.717, 1.165) is 5.56 Å². The van der Waals surface area contributed by atoms with Crippen LogP contribution in [-0.2, 0) is 6.54 Å². The molecule has 0 radical (unpaired) electrons. The molecule has 0 unspecified atom stereocenters. The fourth-order valence-electron chi connectivity index (χ4n) is 1.93. The van der Waals surface area contributed by atoms with E-state index < -0.39 is 5.82 Å². The Kier molecular flexibility index (Phi) is 3.64. The molecule has 5 heteroatoms. The van der Waals surface area contributed by atoms with Crippen LogP contribution in [0.4, 0.5) is 4.39 Å². The van der Waals surface area contributed by atoms with E-state index >= 15 is 0 Å². The molecule has 0 aliphatic rings. The van der Waals surface area contributed by atoms with Gasteiger partial charge in [-0.2, -0.15) is 5.10 Å². The predicted molar refractivity (Wildman–Crippen MR) is 70.9 cm³/mol. The average molecular weight is 262 g/mol. The minimum atomic E-state index is -0.411. The monoisotopic (exact) mass is 262 g/mol. The number of aromatic nitrogens is 2. The Morgan fingerprint density at radius 1 is 1.37 bits per heavy atom. The third kappa shape index (κ3) is 2.50. The summed E-state index contributed by atoms with van der Waals surface area (Å²) in [6.45, 7) is 4.03. The van der Waals surface area contributed by atoms with Crippen molar-refractivity contribution in [2.75, 3.05) is 7.11 Å². The number of ether oxygens (including phenoxy) is 1. The summed E-state index contributed by atoms with van der Waals surface area (Å²) >= 11 is 0. The fraction of sp³-hybridized carbons (Fsp3) is 0.286. The van der Waals surface area contributed by atoms with E-state index in [-0.39, 0.29) is 11.1 Å². The minimum Gasteiger partial charge on any atom is -0.496 e. The van der Waals surface area contributed by atoms with Crippen LogP contribution in [0.15, 0.2) is 29.1 Å². The Labute approximate surface area is 110 Å². The number of nitrogens with zero attached hydrogens (tertiary/aromatic N) is 2. The lowest BCUT2D eigenvalue weighted by Crippen LogP contribution is -2.21. The van der Waals surface area contributed by atoms with E-state index in [9.17, 15) is 9.18 Å². The molecule has 0 bridgehead atoms. The van der Waals surface area contributed by atoms with Gasteiger partial charge in [-0.05, 0) is 37.6 Å². The first-order valence-corrected chi connectivity index (χ1v) is 5.99. The zero-order chi connectivity index (χ0) is 14.0. The van der Waals surface area contributed by atoms with Crippen molar-refractivity contribution in [2.24, 2.45) is 0 Å². The molecule has 0 N–H and O–H groups in total. The summed E-state index contributed by atoms with van der Waals surface area (Å²) in [7, 11) is 1.48. The summed E-state index contributed by atoms with van der Waals surface area (Å²) in [5.41, 5.74) is 1.21. The van der Waals surface area contributed by atoms with E-state index in [1.165, 1.54) is 30.0 Å². The lowest BCUT2D eigenvalue weighted by Gasteiger charge is -2.11. The van der Waals surface area contributed by atoms with Crippen LogP contribution in [0.3, 0.4) is 0 Å². The van der Waals surface area contributed by atoms with Gasteiger partial charge in [-0.25, -0.2) is 9.07 Å². The number of rotatable bonds is 3. The third-order valence-electron chi connectivity index (χ3n) is 2.84. The van der Waals surface area contributed by atoms with Crippen LogP contribution in [0.1, 0.15) is 12.5 Å². The maximum atomic E-state index is 14.1. The van der Waals surface area contributed by atoms with Crippen LogP contribution in [0.25, 0.3) is 11.3 Å². The molecule has 1 aromatic heterocycles. The van der Waals surface area contributed by atoms with Crippen LogP contribution in [0.5, 0.6) is 5.75 Å². The maximum absolute atomic E-state index is 14.1. The summed E-state index contributed by atoms with van der Waals surface area (Å²) in [6.07, 6.45) is 0. The highest BCUT2D eigenvalue weighted by molar-refractivity contribution is 5.68. The van der Waals surface area contributed by atoms with Gasteiger partial charge in [-0.15, -0.1) is 0 Å². The van der Waals surface area contributed by atoms with Gasteiger partial charge in [0.25, 0.3) is 5.56 Å². The second-order valence-electron chi connectivity index (χ2n) is 4.20. The summed E-state index contributed by atoms with van der Waals surface area (Å²) in [4.78, 5) is 11.5. The van der Waals surface area contributed by atoms with Crippen LogP contribution in [0, 0.1) is 12.7 Å². The number of benzene rings is 1. The minimum absolute atomic E-state index is 0.210. The Morgan fingerprint density at radius 3 is 2.74 bits per heavy atom. The standard InChI is InChI=1S/C14H15FN2O2/c1-4-17-13(18)6-5-11(16-17)14-10(15)7-9(2)8-12(14)19-3/h5-8H,4H2,1-3H3. The van der Waals surface area contributed by atoms with Crippen LogP contribution in [0.2, 0.25) is 0 Å². The average Bonchev–Trinajstić information content (AvgIpc) is 2.39. The van der Waals surface area contributed by atoms with Crippen molar-refractivity contribution in [3.05, 3.63) is 46.0 Å². The molecule has 1 heterocycles. The first-order valence-electron chi connectivity index (χ1n) is 5.99. The zero-order valence-electron chi connectivity index (χ0n) is 11.1. The molecule has 0 amide bonds. The predicted octanol–water partition coefficient (Wildman–Crippen LogP) is 2.39. The number of hydrogen-bond donors (Lipinski definition) is 0. The maximum Gasteiger partial charge on any atom is 0.266 e. The molecule has 2 aromatic rings. The van der Waals surface area contributed by atoms with Gasteiger partial charge in [0, 0.05) is 12.6 Å². The summed E-state index contributed by atoms with van der Waals surface area (Å²) in [6, 6.07) is 6.04. The van der Waals surface area contributed by atoms with Gasteiger partial charge in [-0.1, -0.05) is 0 Å². The van der Waals surface area contributed by atoms with E-state index in [1.54, 1.807) is 19.9 Å². The van der Waals surface area contributed by atoms with Crippen molar-refractivity contribution in [3.8, 4) is 17.0 Å². The molecule has 19 heavy (non-hydrogen) atoms. The Balaban J connectivity index is 2.68. The first-order chi connectivity index (χ1) is 9.06. The highest BCUT2D eigenvalue weighted by Crippen LogP contribution is 2.31. The molecule has 0 atom stereocenters. The SMILES string of the molecule is CCn1nc(-c2c(F)cc(C)cc2OC)ccc1=O. The van der Waals surface area contributed by atoms with Gasteiger partial charge < -0.3 is 4.74 Å². The van der Waals surface area contributed by atoms with Crippen molar-refractivity contribution in [1.82, 2.24) is 9.78 Å². The largest absolute Gasteiger partial charge is 0.496 e. The lowest BCUT2D eigenvalue weighted by molar-refractivity contribution is 0.412. The molecule has 0 saturated carbocycles. The van der Waals surface area contributed by atoms with Gasteiger partial charge in [0.1, 0.15) is 11.6 Å². The highest BCUT2D eigenvalue weighted by atomic mass is 19.1. The van der Waals surface area contributed by atoms with Crippen LogP contribution < -0.4 is 10.3 Å². The van der Waals surface area contributed by atoms with Crippen molar-refractivity contribution >= 4 is 0 Å². The molecule has 0 spiro atoms. The summed E-state index contributed by atoms with van der Waals surface area (Å²) < 4.78 is 20.6. The molecule has 0 saturated heterocycles. The molecular formula is C14H15FN2O2. The second-order valence-corrected chi connectivity index (χ2v) is 4.20. The number of aryl methyl sites for hydroxylation is 2. The molecule has 4 nitrogen and oxygen atoms in total. The van der Waals surface area contributed by atoms with E-state index in [2.05, 4.69) is 5.10 Å². The topological polar surface area (TPSA) is 44.1 Å². The van der Waals surface area contributed by atoms with Gasteiger partial charge in [0.15, 0.2) is 0 Å². The molecule has 100 valence electrons. The molecule has 0 aliphatic carbocycles. The Bertz CT molecular complexity index is 665. The summed E-state index contributed by atoms with van der Waals surface area (Å²) in [5, 5.41) is 4.14. The lowest BCUT2D eigenvalue weighted by atomic mass is 10.1. The van der Waals surface area contributed by atoms with Crippen molar-refractivity contribution in [3.63, 3.8) is 0 Å². The van der Waals surface area contributed by atoms with Gasteiger partial charge >= 0.3 is 0 Å². The number of methoxy groups -OCH3 is 1. The molecule has 2 rings (SSSR count). The van der Waals surface area contributed by atoms with Crippen molar-refractivity contribution in [1.29, 1.82) is 0 Å². The second kappa shape index (κ2) is 5.22. The van der Waals surface area contributed by atoms with E-state index in [1.807, 2.05) is 0 Å². The quantitative estimate of drug-likeness (QED) is 0.853. The number of hydrogen-bond acceptors (Lipinski definition) is 3. The Morgan fingerprint density at radius 2 is 2.11 bits per heavy atom. The Hall–Kier alpha value is -2.17. The van der Waals surface area contributed by atoms with Gasteiger partial charge in [0.2, 0.25) is 0 Å². The van der Waals surface area contributed by atoms with Crippen molar-refractivity contribution in [2.45, 2.75) is 20.4 Å². The summed E-state index contributed by atoms with van der Waals surface area (Å²) in [5.74, 6) is -0.00282. The first kappa shape index (κ1) is 13.3. The zero-order valence-corrected chi connectivity index (χ0v) is 11.1. The van der Waals surface area contributed by atoms with Crippen molar-refractivity contribution < 1.29 is 9.13 Å². The molecule has 0 aliphatic heterocycles. The molecular weight excluding hydrogens is 247 g/mol. The highest BCUT2D eigenvalue weighted by Gasteiger charge is 2.15. The smallest absolute Gasteiger partial charge is 0.266 e. The van der Waals surface area contributed by atoms with Crippen LogP contribution in [-0.4, -0.2) is 16.9 Å². The molecule has 1 aromatic carbocycles. The number of halogens is 1.